The first-order valence-corrected chi connectivity index (χ1v) is 6.04. The number of hydrogen-bond acceptors (Lipinski definition) is 4. The van der Waals surface area contributed by atoms with Crippen molar-refractivity contribution in [2.75, 3.05) is 0 Å². The van der Waals surface area contributed by atoms with Gasteiger partial charge >= 0.3 is 0 Å². The van der Waals surface area contributed by atoms with Crippen molar-refractivity contribution in [3.05, 3.63) is 59.3 Å². The van der Waals surface area contributed by atoms with E-state index in [0.717, 1.165) is 12.1 Å². The standard InChI is InChI=1S/C13H9F2N5O/c14-10-2-1-3-11(15)9(10)7-16-13(21)8-4-5-20-12(6-8)17-18-19-20/h1-6H,7H2,(H,16,21). The molecule has 21 heavy (non-hydrogen) atoms. The number of amides is 1. The van der Waals surface area contributed by atoms with Gasteiger partial charge in [0.15, 0.2) is 5.65 Å². The van der Waals surface area contributed by atoms with Crippen LogP contribution in [0.4, 0.5) is 8.78 Å². The van der Waals surface area contributed by atoms with E-state index >= 15 is 0 Å². The van der Waals surface area contributed by atoms with Crippen LogP contribution in [0, 0.1) is 11.6 Å². The second-order valence-electron chi connectivity index (χ2n) is 4.28. The zero-order valence-electron chi connectivity index (χ0n) is 10.6. The summed E-state index contributed by atoms with van der Waals surface area (Å²) in [5.74, 6) is -1.87. The summed E-state index contributed by atoms with van der Waals surface area (Å²) in [6, 6.07) is 6.53. The molecule has 106 valence electrons. The third-order valence-electron chi connectivity index (χ3n) is 2.95. The summed E-state index contributed by atoms with van der Waals surface area (Å²) in [7, 11) is 0. The van der Waals surface area contributed by atoms with Crippen LogP contribution < -0.4 is 5.32 Å². The minimum absolute atomic E-state index is 0.184. The van der Waals surface area contributed by atoms with Crippen molar-refractivity contribution in [1.82, 2.24) is 25.4 Å². The molecule has 0 radical (unpaired) electrons. The predicted molar refractivity (Wildman–Crippen MR) is 68.3 cm³/mol. The Kier molecular flexibility index (Phi) is 3.27. The van der Waals surface area contributed by atoms with E-state index in [-0.39, 0.29) is 12.1 Å². The number of hydrogen-bond donors (Lipinski definition) is 1. The quantitative estimate of drug-likeness (QED) is 0.789. The topological polar surface area (TPSA) is 72.2 Å². The lowest BCUT2D eigenvalue weighted by Gasteiger charge is -2.07. The number of halogens is 2. The monoisotopic (exact) mass is 289 g/mol. The lowest BCUT2D eigenvalue weighted by atomic mass is 10.2. The molecule has 3 rings (SSSR count). The van der Waals surface area contributed by atoms with Crippen molar-refractivity contribution < 1.29 is 13.6 Å². The van der Waals surface area contributed by atoms with Crippen LogP contribution in [0.1, 0.15) is 15.9 Å². The zero-order valence-corrected chi connectivity index (χ0v) is 10.6. The van der Waals surface area contributed by atoms with Gasteiger partial charge in [0.25, 0.3) is 5.91 Å². The Bertz CT molecular complexity index is 797. The van der Waals surface area contributed by atoms with Crippen LogP contribution in [0.25, 0.3) is 5.65 Å². The molecule has 0 fully saturated rings. The fourth-order valence-electron chi connectivity index (χ4n) is 1.85. The lowest BCUT2D eigenvalue weighted by Crippen LogP contribution is -2.24. The molecular formula is C13H9F2N5O. The summed E-state index contributed by atoms with van der Waals surface area (Å²) in [5.41, 5.74) is 0.518. The largest absolute Gasteiger partial charge is 0.348 e. The van der Waals surface area contributed by atoms with Crippen LogP contribution in [0.3, 0.4) is 0 Å². The fraction of sp³-hybridized carbons (Fsp3) is 0.0769. The molecular weight excluding hydrogens is 280 g/mol. The highest BCUT2D eigenvalue weighted by molar-refractivity contribution is 5.94. The van der Waals surface area contributed by atoms with Crippen LogP contribution in [-0.2, 0) is 6.54 Å². The second kappa shape index (κ2) is 5.23. The van der Waals surface area contributed by atoms with Gasteiger partial charge in [-0.3, -0.25) is 4.79 Å². The van der Waals surface area contributed by atoms with E-state index in [0.29, 0.717) is 11.2 Å². The predicted octanol–water partition coefficient (Wildman–Crippen LogP) is 1.33. The maximum absolute atomic E-state index is 13.4. The van der Waals surface area contributed by atoms with Gasteiger partial charge in [-0.15, -0.1) is 5.10 Å². The van der Waals surface area contributed by atoms with Crippen LogP contribution in [0.5, 0.6) is 0 Å². The molecule has 0 aliphatic rings. The van der Waals surface area contributed by atoms with Gasteiger partial charge in [-0.1, -0.05) is 6.07 Å². The highest BCUT2D eigenvalue weighted by Gasteiger charge is 2.12. The van der Waals surface area contributed by atoms with Gasteiger partial charge < -0.3 is 5.32 Å². The fourth-order valence-corrected chi connectivity index (χ4v) is 1.85. The first-order valence-electron chi connectivity index (χ1n) is 6.04. The van der Waals surface area contributed by atoms with E-state index in [4.69, 9.17) is 0 Å². The maximum Gasteiger partial charge on any atom is 0.251 e. The van der Waals surface area contributed by atoms with Crippen molar-refractivity contribution in [3.63, 3.8) is 0 Å². The number of carbonyl (C=O) groups is 1. The summed E-state index contributed by atoms with van der Waals surface area (Å²) < 4.78 is 28.3. The minimum Gasteiger partial charge on any atom is -0.348 e. The molecule has 1 amide bonds. The third-order valence-corrected chi connectivity index (χ3v) is 2.95. The molecule has 3 aromatic rings. The molecule has 2 aromatic heterocycles. The molecule has 0 spiro atoms. The normalized spacial score (nSPS) is 10.8. The van der Waals surface area contributed by atoms with Crippen molar-refractivity contribution in [2.24, 2.45) is 0 Å². The second-order valence-corrected chi connectivity index (χ2v) is 4.28. The molecule has 1 N–H and O–H groups in total. The Morgan fingerprint density at radius 3 is 2.76 bits per heavy atom. The van der Waals surface area contributed by atoms with Crippen molar-refractivity contribution in [1.29, 1.82) is 0 Å². The van der Waals surface area contributed by atoms with Crippen molar-refractivity contribution in [3.8, 4) is 0 Å². The molecule has 8 heteroatoms. The van der Waals surface area contributed by atoms with Crippen LogP contribution in [0.15, 0.2) is 36.5 Å². The molecule has 0 unspecified atom stereocenters. The van der Waals surface area contributed by atoms with Gasteiger partial charge in [0.05, 0.1) is 0 Å². The Morgan fingerprint density at radius 2 is 2.00 bits per heavy atom. The van der Waals surface area contributed by atoms with Crippen molar-refractivity contribution >= 4 is 11.6 Å². The van der Waals surface area contributed by atoms with Crippen LogP contribution >= 0.6 is 0 Å². The number of fused-ring (bicyclic) bond motifs is 1. The van der Waals surface area contributed by atoms with Gasteiger partial charge in [0.1, 0.15) is 11.6 Å². The first kappa shape index (κ1) is 13.1. The van der Waals surface area contributed by atoms with E-state index in [1.54, 1.807) is 0 Å². The number of carbonyl (C=O) groups excluding carboxylic acids is 1. The SMILES string of the molecule is O=C(NCc1c(F)cccc1F)c1ccn2nnnc2c1. The smallest absolute Gasteiger partial charge is 0.251 e. The molecule has 0 saturated carbocycles. The number of nitrogens with zero attached hydrogens (tertiary/aromatic N) is 4. The Morgan fingerprint density at radius 1 is 1.24 bits per heavy atom. The number of pyridine rings is 1. The zero-order chi connectivity index (χ0) is 14.8. The number of nitrogens with one attached hydrogen (secondary N) is 1. The maximum atomic E-state index is 13.4. The molecule has 2 heterocycles. The summed E-state index contributed by atoms with van der Waals surface area (Å²) in [4.78, 5) is 12.0. The summed E-state index contributed by atoms with van der Waals surface area (Å²) in [6.45, 7) is -0.243. The van der Waals surface area contributed by atoms with E-state index in [2.05, 4.69) is 20.8 Å². The highest BCUT2D eigenvalue weighted by atomic mass is 19.1. The number of tetrazole rings is 1. The third kappa shape index (κ3) is 2.55. The molecule has 1 aromatic carbocycles. The van der Waals surface area contributed by atoms with Gasteiger partial charge in [0.2, 0.25) is 0 Å². The van der Waals surface area contributed by atoms with Gasteiger partial charge in [-0.25, -0.2) is 13.3 Å². The van der Waals surface area contributed by atoms with Crippen LogP contribution in [0.2, 0.25) is 0 Å². The summed E-state index contributed by atoms with van der Waals surface area (Å²) in [5, 5.41) is 13.3. The van der Waals surface area contributed by atoms with Gasteiger partial charge in [-0.2, -0.15) is 0 Å². The number of rotatable bonds is 3. The average Bonchev–Trinajstić information content (AvgIpc) is 2.93. The minimum atomic E-state index is -0.701. The van der Waals surface area contributed by atoms with Crippen LogP contribution in [-0.4, -0.2) is 25.9 Å². The molecule has 0 atom stereocenters. The Labute approximate surface area is 117 Å². The first-order chi connectivity index (χ1) is 10.1. The van der Waals surface area contributed by atoms with E-state index in [1.165, 1.54) is 28.9 Å². The molecule has 0 saturated heterocycles. The molecule has 6 nitrogen and oxygen atoms in total. The highest BCUT2D eigenvalue weighted by Crippen LogP contribution is 2.12. The Balaban J connectivity index is 1.77. The van der Waals surface area contributed by atoms with E-state index in [9.17, 15) is 13.6 Å². The van der Waals surface area contributed by atoms with Gasteiger partial charge in [-0.05, 0) is 34.7 Å². The summed E-state index contributed by atoms with van der Waals surface area (Å²) in [6.07, 6.45) is 1.52. The van der Waals surface area contributed by atoms with E-state index < -0.39 is 17.5 Å². The molecule has 0 aliphatic heterocycles. The molecule has 0 bridgehead atoms. The number of aromatic nitrogens is 4. The van der Waals surface area contributed by atoms with Gasteiger partial charge in [0, 0.05) is 23.9 Å². The number of benzene rings is 1. The molecule has 0 aliphatic carbocycles. The lowest BCUT2D eigenvalue weighted by molar-refractivity contribution is 0.0950. The Hall–Kier alpha value is -2.90. The van der Waals surface area contributed by atoms with Crippen molar-refractivity contribution in [2.45, 2.75) is 6.54 Å². The summed E-state index contributed by atoms with van der Waals surface area (Å²) >= 11 is 0. The average molecular weight is 289 g/mol. The van der Waals surface area contributed by atoms with E-state index in [1.807, 2.05) is 0 Å².